The van der Waals surface area contributed by atoms with Crippen LogP contribution in [0.1, 0.15) is 26.3 Å². The molecule has 1 aliphatic heterocycles. The van der Waals surface area contributed by atoms with Gasteiger partial charge in [0.15, 0.2) is 0 Å². The zero-order valence-electron chi connectivity index (χ0n) is 11.1. The standard InChI is InChI=1S/C14H23N3/c1-4-15-14-13(6-5-7-16-14)10-17-8-11(2)12(3)9-17/h5-7,11-12H,4,8-10H2,1-3H3,(H,15,16). The predicted octanol–water partition coefficient (Wildman–Crippen LogP) is 2.60. The van der Waals surface area contributed by atoms with Gasteiger partial charge in [0, 0.05) is 37.9 Å². The Morgan fingerprint density at radius 3 is 2.71 bits per heavy atom. The average Bonchev–Trinajstić information content (AvgIpc) is 2.61. The van der Waals surface area contributed by atoms with Crippen molar-refractivity contribution in [2.75, 3.05) is 25.0 Å². The van der Waals surface area contributed by atoms with Crippen molar-refractivity contribution >= 4 is 5.82 Å². The second kappa shape index (κ2) is 5.50. The number of aromatic nitrogens is 1. The molecule has 94 valence electrons. The number of rotatable bonds is 4. The Labute approximate surface area is 104 Å². The van der Waals surface area contributed by atoms with Crippen LogP contribution in [0, 0.1) is 11.8 Å². The topological polar surface area (TPSA) is 28.2 Å². The van der Waals surface area contributed by atoms with Gasteiger partial charge in [0.25, 0.3) is 0 Å². The van der Waals surface area contributed by atoms with Crippen molar-refractivity contribution in [3.8, 4) is 0 Å². The predicted molar refractivity (Wildman–Crippen MR) is 72.0 cm³/mol. The Morgan fingerprint density at radius 1 is 1.35 bits per heavy atom. The molecule has 1 aliphatic rings. The molecule has 0 bridgehead atoms. The molecule has 2 rings (SSSR count). The Hall–Kier alpha value is -1.09. The zero-order chi connectivity index (χ0) is 12.3. The van der Waals surface area contributed by atoms with Gasteiger partial charge in [-0.3, -0.25) is 4.90 Å². The largest absolute Gasteiger partial charge is 0.370 e. The van der Waals surface area contributed by atoms with Gasteiger partial charge >= 0.3 is 0 Å². The van der Waals surface area contributed by atoms with E-state index in [-0.39, 0.29) is 0 Å². The van der Waals surface area contributed by atoms with E-state index in [1.165, 1.54) is 18.7 Å². The van der Waals surface area contributed by atoms with Gasteiger partial charge in [0.05, 0.1) is 0 Å². The molecule has 3 nitrogen and oxygen atoms in total. The molecule has 1 N–H and O–H groups in total. The molecule has 0 radical (unpaired) electrons. The minimum Gasteiger partial charge on any atom is -0.370 e. The Morgan fingerprint density at radius 2 is 2.06 bits per heavy atom. The molecular weight excluding hydrogens is 210 g/mol. The summed E-state index contributed by atoms with van der Waals surface area (Å²) in [5, 5.41) is 3.33. The second-order valence-electron chi connectivity index (χ2n) is 5.19. The SMILES string of the molecule is CCNc1ncccc1CN1CC(C)C(C)C1. The molecule has 1 aromatic heterocycles. The van der Waals surface area contributed by atoms with Crippen molar-refractivity contribution in [1.82, 2.24) is 9.88 Å². The van der Waals surface area contributed by atoms with E-state index in [9.17, 15) is 0 Å². The molecule has 2 unspecified atom stereocenters. The van der Waals surface area contributed by atoms with Gasteiger partial charge in [-0.25, -0.2) is 4.98 Å². The van der Waals surface area contributed by atoms with Crippen LogP contribution < -0.4 is 5.32 Å². The maximum absolute atomic E-state index is 4.41. The molecule has 0 amide bonds. The third-order valence-electron chi connectivity index (χ3n) is 3.69. The van der Waals surface area contributed by atoms with E-state index >= 15 is 0 Å². The number of hydrogen-bond acceptors (Lipinski definition) is 3. The number of nitrogens with one attached hydrogen (secondary N) is 1. The van der Waals surface area contributed by atoms with Gasteiger partial charge < -0.3 is 5.32 Å². The molecule has 3 heteroatoms. The van der Waals surface area contributed by atoms with Gasteiger partial charge in [-0.15, -0.1) is 0 Å². The van der Waals surface area contributed by atoms with Gasteiger partial charge in [0.2, 0.25) is 0 Å². The van der Waals surface area contributed by atoms with Crippen molar-refractivity contribution in [3.63, 3.8) is 0 Å². The normalized spacial score (nSPS) is 25.1. The van der Waals surface area contributed by atoms with Crippen LogP contribution in [0.4, 0.5) is 5.82 Å². The van der Waals surface area contributed by atoms with E-state index in [1.807, 2.05) is 12.3 Å². The summed E-state index contributed by atoms with van der Waals surface area (Å²) < 4.78 is 0. The fraction of sp³-hybridized carbons (Fsp3) is 0.643. The summed E-state index contributed by atoms with van der Waals surface area (Å²) in [6.45, 7) is 11.2. The average molecular weight is 233 g/mol. The molecule has 0 aromatic carbocycles. The summed E-state index contributed by atoms with van der Waals surface area (Å²) >= 11 is 0. The molecule has 0 spiro atoms. The van der Waals surface area contributed by atoms with E-state index < -0.39 is 0 Å². The molecular formula is C14H23N3. The minimum absolute atomic E-state index is 0.814. The fourth-order valence-corrected chi connectivity index (χ4v) is 2.51. The van der Waals surface area contributed by atoms with Crippen LogP contribution in [0.15, 0.2) is 18.3 Å². The van der Waals surface area contributed by atoms with Crippen molar-refractivity contribution < 1.29 is 0 Å². The van der Waals surface area contributed by atoms with E-state index in [4.69, 9.17) is 0 Å². The van der Waals surface area contributed by atoms with Crippen LogP contribution in [-0.4, -0.2) is 29.5 Å². The molecule has 2 atom stereocenters. The number of hydrogen-bond donors (Lipinski definition) is 1. The molecule has 17 heavy (non-hydrogen) atoms. The molecule has 0 aliphatic carbocycles. The first-order valence-electron chi connectivity index (χ1n) is 6.60. The third-order valence-corrected chi connectivity index (χ3v) is 3.69. The van der Waals surface area contributed by atoms with E-state index in [0.717, 1.165) is 30.7 Å². The number of likely N-dealkylation sites (tertiary alicyclic amines) is 1. The molecule has 1 saturated heterocycles. The number of nitrogens with zero attached hydrogens (tertiary/aromatic N) is 2. The Kier molecular flexibility index (Phi) is 4.00. The molecule has 1 aromatic rings. The summed E-state index contributed by atoms with van der Waals surface area (Å²) in [5.41, 5.74) is 1.32. The monoisotopic (exact) mass is 233 g/mol. The lowest BCUT2D eigenvalue weighted by molar-refractivity contribution is 0.316. The highest BCUT2D eigenvalue weighted by molar-refractivity contribution is 5.43. The van der Waals surface area contributed by atoms with Gasteiger partial charge in [-0.05, 0) is 24.8 Å². The van der Waals surface area contributed by atoms with Crippen LogP contribution in [0.3, 0.4) is 0 Å². The van der Waals surface area contributed by atoms with Crippen molar-refractivity contribution in [1.29, 1.82) is 0 Å². The summed E-state index contributed by atoms with van der Waals surface area (Å²) in [7, 11) is 0. The first kappa shape index (κ1) is 12.4. The lowest BCUT2D eigenvalue weighted by Crippen LogP contribution is -2.21. The van der Waals surface area contributed by atoms with Crippen molar-refractivity contribution in [2.45, 2.75) is 27.3 Å². The number of pyridine rings is 1. The summed E-state index contributed by atoms with van der Waals surface area (Å²) in [6, 6.07) is 4.21. The molecule has 0 saturated carbocycles. The minimum atomic E-state index is 0.814. The van der Waals surface area contributed by atoms with Crippen LogP contribution in [0.2, 0.25) is 0 Å². The fourth-order valence-electron chi connectivity index (χ4n) is 2.51. The zero-order valence-corrected chi connectivity index (χ0v) is 11.1. The highest BCUT2D eigenvalue weighted by Gasteiger charge is 2.26. The molecule has 1 fully saturated rings. The Bertz CT molecular complexity index is 354. The third kappa shape index (κ3) is 2.97. The van der Waals surface area contributed by atoms with Crippen molar-refractivity contribution in [3.05, 3.63) is 23.9 Å². The first-order valence-corrected chi connectivity index (χ1v) is 6.60. The summed E-state index contributed by atoms with van der Waals surface area (Å²) in [5.74, 6) is 2.67. The van der Waals surface area contributed by atoms with Gasteiger partial charge in [0.1, 0.15) is 5.82 Å². The van der Waals surface area contributed by atoms with E-state index in [1.54, 1.807) is 0 Å². The van der Waals surface area contributed by atoms with Crippen molar-refractivity contribution in [2.24, 2.45) is 11.8 Å². The summed E-state index contributed by atoms with van der Waals surface area (Å²) in [4.78, 5) is 6.95. The second-order valence-corrected chi connectivity index (χ2v) is 5.19. The molecule has 2 heterocycles. The lowest BCUT2D eigenvalue weighted by Gasteiger charge is -2.17. The van der Waals surface area contributed by atoms with Crippen LogP contribution in [0.5, 0.6) is 0 Å². The quantitative estimate of drug-likeness (QED) is 0.866. The van der Waals surface area contributed by atoms with Crippen LogP contribution in [-0.2, 0) is 6.54 Å². The maximum Gasteiger partial charge on any atom is 0.130 e. The smallest absolute Gasteiger partial charge is 0.130 e. The summed E-state index contributed by atoms with van der Waals surface area (Å²) in [6.07, 6.45) is 1.86. The van der Waals surface area contributed by atoms with Crippen LogP contribution in [0.25, 0.3) is 0 Å². The van der Waals surface area contributed by atoms with Gasteiger partial charge in [-0.2, -0.15) is 0 Å². The lowest BCUT2D eigenvalue weighted by atomic mass is 10.0. The van der Waals surface area contributed by atoms with E-state index in [0.29, 0.717) is 0 Å². The van der Waals surface area contributed by atoms with Crippen LogP contribution >= 0.6 is 0 Å². The number of anilines is 1. The highest BCUT2D eigenvalue weighted by atomic mass is 15.2. The Balaban J connectivity index is 2.03. The van der Waals surface area contributed by atoms with E-state index in [2.05, 4.69) is 42.0 Å². The first-order chi connectivity index (χ1) is 8.20. The van der Waals surface area contributed by atoms with Gasteiger partial charge in [-0.1, -0.05) is 19.9 Å². The highest BCUT2D eigenvalue weighted by Crippen LogP contribution is 2.25. The maximum atomic E-state index is 4.41.